The van der Waals surface area contributed by atoms with E-state index in [0.717, 1.165) is 209 Å². The van der Waals surface area contributed by atoms with Crippen molar-refractivity contribution in [1.82, 2.24) is 48.2 Å². The molecular weight excluding hydrogens is 1630 g/mol. The third-order valence-electron chi connectivity index (χ3n) is 26.4. The minimum atomic E-state index is 0.623. The Labute approximate surface area is 758 Å². The zero-order chi connectivity index (χ0) is 87.3. The summed E-state index contributed by atoms with van der Waals surface area (Å²) in [5, 5.41) is 18.7. The van der Waals surface area contributed by atoms with Crippen LogP contribution in [-0.2, 0) is 0 Å². The number of hydrogen-bond acceptors (Lipinski definition) is 9. The number of nitrogens with zero attached hydrogens (tertiary/aromatic N) is 10. The molecule has 29 aromatic rings. The fraction of sp³-hybridized carbons (Fsp3) is 0. The lowest BCUT2D eigenvalue weighted by Crippen LogP contribution is -2.03. The number of aromatic nitrogens is 10. The molecule has 29 rings (SSSR count). The average molecular weight is 1700 g/mol. The number of benzene rings is 19. The van der Waals surface area contributed by atoms with Crippen LogP contribution in [0.15, 0.2) is 450 Å². The summed E-state index contributed by atoms with van der Waals surface area (Å²) >= 11 is 0. The lowest BCUT2D eigenvalue weighted by atomic mass is 10.00. The molecule has 0 N–H and O–H groups in total. The van der Waals surface area contributed by atoms with E-state index < -0.39 is 0 Å². The second-order valence-corrected chi connectivity index (χ2v) is 33.8. The summed E-state index contributed by atoms with van der Waals surface area (Å²) in [5.41, 5.74) is 28.1. The molecule has 0 bridgehead atoms. The largest absolute Gasteiger partial charge is 0.455 e. The van der Waals surface area contributed by atoms with E-state index in [4.69, 9.17) is 43.2 Å². The highest BCUT2D eigenvalue weighted by molar-refractivity contribution is 6.27. The second kappa shape index (κ2) is 30.2. The first-order valence-corrected chi connectivity index (χ1v) is 44.7. The van der Waals surface area contributed by atoms with Gasteiger partial charge in [0.2, 0.25) is 17.8 Å². The van der Waals surface area contributed by atoms with Crippen LogP contribution in [0.5, 0.6) is 0 Å². The van der Waals surface area contributed by atoms with Crippen LogP contribution in [0.1, 0.15) is 0 Å². The van der Waals surface area contributed by atoms with E-state index in [2.05, 4.69) is 382 Å². The molecule has 0 fully saturated rings. The fourth-order valence-electron chi connectivity index (χ4n) is 20.4. The lowest BCUT2D eigenvalue weighted by Gasteiger charge is -2.13. The third-order valence-corrected chi connectivity index (χ3v) is 26.4. The van der Waals surface area contributed by atoms with Crippen molar-refractivity contribution in [2.24, 2.45) is 0 Å². The molecule has 0 saturated heterocycles. The first kappa shape index (κ1) is 75.0. The van der Waals surface area contributed by atoms with Gasteiger partial charge < -0.3 is 17.8 Å². The fourth-order valence-corrected chi connectivity index (χ4v) is 20.4. The molecule has 133 heavy (non-hydrogen) atoms. The van der Waals surface area contributed by atoms with Crippen molar-refractivity contribution in [2.45, 2.75) is 0 Å². The predicted molar refractivity (Wildman–Crippen MR) is 545 cm³/mol. The van der Waals surface area contributed by atoms with E-state index in [-0.39, 0.29) is 0 Å². The summed E-state index contributed by atoms with van der Waals surface area (Å²) in [6, 6.07) is 152. The minimum absolute atomic E-state index is 0.623. The topological polar surface area (TPSA) is 136 Å². The van der Waals surface area contributed by atoms with E-state index in [1.807, 2.05) is 72.8 Å². The van der Waals surface area contributed by atoms with Gasteiger partial charge in [0.15, 0.2) is 0 Å². The van der Waals surface area contributed by atoms with Gasteiger partial charge in [-0.15, -0.1) is 0 Å². The smallest absolute Gasteiger partial charge is 0.235 e. The molecule has 19 aromatic carbocycles. The van der Waals surface area contributed by atoms with Crippen LogP contribution in [0.25, 0.3) is 265 Å². The molecule has 10 aromatic heterocycles. The Morgan fingerprint density at radius 2 is 0.436 bits per heavy atom. The number of rotatable bonds is 9. The molecule has 0 radical (unpaired) electrons. The van der Waals surface area contributed by atoms with Crippen molar-refractivity contribution in [1.29, 1.82) is 0 Å². The Bertz CT molecular complexity index is 9770. The molecule has 0 aliphatic carbocycles. The Hall–Kier alpha value is -18.2. The maximum Gasteiger partial charge on any atom is 0.235 e. The minimum Gasteiger partial charge on any atom is -0.455 e. The summed E-state index contributed by atoms with van der Waals surface area (Å²) < 4.78 is 28.4. The van der Waals surface area contributed by atoms with E-state index in [1.54, 1.807) is 0 Å². The van der Waals surface area contributed by atoms with E-state index in [0.29, 0.717) is 17.8 Å². The number of fused-ring (bicyclic) bond motifs is 27. The van der Waals surface area contributed by atoms with Gasteiger partial charge in [-0.05, 0) is 144 Å². The van der Waals surface area contributed by atoms with Crippen LogP contribution in [0.3, 0.4) is 0 Å². The number of furan rings is 3. The second-order valence-electron chi connectivity index (χ2n) is 33.8. The Morgan fingerprint density at radius 1 is 0.158 bits per heavy atom. The first-order chi connectivity index (χ1) is 66.0. The van der Waals surface area contributed by atoms with Crippen molar-refractivity contribution in [3.8, 4) is 79.6 Å². The van der Waals surface area contributed by atoms with E-state index in [9.17, 15) is 0 Å². The highest BCUT2D eigenvalue weighted by Crippen LogP contribution is 2.47. The standard InChI is InChI=1S/C44H26N4O.2C38H23N3O/c1-6-19-35-33(17-1)42(27-12-11-13-28(26-27)47-36-20-7-2-14-29(36)30-15-3-8-21-37(30)47)46-44(45-35)48-38-22-9-4-18-34(38)41-39(48)25-24-32-31-16-5-10-23-40(31)49-43(32)41;1-2-11-24(12-3-1)25-13-10-14-26(23-25)36-29-16-4-7-18-31(29)39-38(40-36)41-32-19-8-5-17-30(32)35-33(41)22-21-28-27-15-6-9-20-34(27)42-37(28)35;1-2-10-24(11-3-1)25-18-20-26(21-19-25)36-29-13-4-7-15-31(29)39-38(40-36)41-32-16-8-5-14-30(32)35-33(41)23-22-28-27-12-6-9-17-34(27)42-37(28)35/h1-26H;2*1-23H. The van der Waals surface area contributed by atoms with Gasteiger partial charge in [-0.3, -0.25) is 13.7 Å². The highest BCUT2D eigenvalue weighted by Gasteiger charge is 2.27. The van der Waals surface area contributed by atoms with Gasteiger partial charge in [0.25, 0.3) is 0 Å². The zero-order valence-electron chi connectivity index (χ0n) is 71.3. The van der Waals surface area contributed by atoms with Gasteiger partial charge >= 0.3 is 0 Å². The van der Waals surface area contributed by atoms with Crippen LogP contribution >= 0.6 is 0 Å². The zero-order valence-corrected chi connectivity index (χ0v) is 71.3. The van der Waals surface area contributed by atoms with Gasteiger partial charge in [-0.1, -0.05) is 315 Å². The lowest BCUT2D eigenvalue weighted by molar-refractivity contribution is 0.672. The molecule has 620 valence electrons. The van der Waals surface area contributed by atoms with Crippen molar-refractivity contribution >= 4 is 186 Å². The van der Waals surface area contributed by atoms with Gasteiger partial charge in [0.1, 0.15) is 33.5 Å². The van der Waals surface area contributed by atoms with Gasteiger partial charge in [0.05, 0.1) is 93.9 Å². The monoisotopic (exact) mass is 1700 g/mol. The van der Waals surface area contributed by atoms with Crippen LogP contribution in [-0.4, -0.2) is 48.2 Å². The molecule has 13 heteroatoms. The summed E-state index contributed by atoms with van der Waals surface area (Å²) in [4.78, 5) is 31.4. The maximum absolute atomic E-state index is 6.54. The third kappa shape index (κ3) is 12.0. The number of para-hydroxylation sites is 11. The average Bonchev–Trinajstić information content (AvgIpc) is 1.57. The summed E-state index contributed by atoms with van der Waals surface area (Å²) in [6.07, 6.45) is 0. The molecule has 0 aliphatic rings. The van der Waals surface area contributed by atoms with Crippen LogP contribution < -0.4 is 0 Å². The number of hydrogen-bond donors (Lipinski definition) is 0. The predicted octanol–water partition coefficient (Wildman–Crippen LogP) is 31.3. The maximum atomic E-state index is 6.54. The van der Waals surface area contributed by atoms with Gasteiger partial charge in [-0.25, -0.2) is 29.9 Å². The molecule has 0 aliphatic heterocycles. The first-order valence-electron chi connectivity index (χ1n) is 44.7. The normalized spacial score (nSPS) is 11.9. The molecule has 0 atom stereocenters. The Balaban J connectivity index is 0.000000102. The van der Waals surface area contributed by atoms with Crippen molar-refractivity contribution < 1.29 is 13.3 Å². The highest BCUT2D eigenvalue weighted by atomic mass is 16.3. The van der Waals surface area contributed by atoms with Crippen molar-refractivity contribution in [3.63, 3.8) is 0 Å². The summed E-state index contributed by atoms with van der Waals surface area (Å²) in [7, 11) is 0. The van der Waals surface area contributed by atoms with Crippen LogP contribution in [0.4, 0.5) is 0 Å². The molecule has 10 heterocycles. The molecule has 0 unspecified atom stereocenters. The molecule has 13 nitrogen and oxygen atoms in total. The molecule has 0 amide bonds. The van der Waals surface area contributed by atoms with E-state index in [1.165, 1.54) is 38.5 Å². The Morgan fingerprint density at radius 3 is 0.835 bits per heavy atom. The summed E-state index contributed by atoms with van der Waals surface area (Å²) in [6.45, 7) is 0. The molecular formula is C120H72N10O3. The molecule has 0 spiro atoms. The summed E-state index contributed by atoms with van der Waals surface area (Å²) in [5.74, 6) is 1.89. The van der Waals surface area contributed by atoms with Crippen LogP contribution in [0.2, 0.25) is 0 Å². The van der Waals surface area contributed by atoms with E-state index >= 15 is 0 Å². The van der Waals surface area contributed by atoms with Gasteiger partial charge in [-0.2, -0.15) is 0 Å². The molecule has 0 saturated carbocycles. The van der Waals surface area contributed by atoms with Crippen molar-refractivity contribution in [2.75, 3.05) is 0 Å². The SMILES string of the molecule is c1cc(-c2nc(-n3c4ccccc4c4c5oc6ccccc6c5ccc43)nc3ccccc23)cc(-n2c3ccccc3c3ccccc32)c1.c1ccc(-c2ccc(-c3nc(-n4c5ccccc5c5c6oc7ccccc7c6ccc54)nc4ccccc34)cc2)cc1.c1ccc(-c2cccc(-c3nc(-n4c5ccccc5c5c6oc7ccccc7c6ccc54)nc4ccccc34)c2)cc1. The Kier molecular flexibility index (Phi) is 17.1. The van der Waals surface area contributed by atoms with Gasteiger partial charge in [0, 0.05) is 97.8 Å². The van der Waals surface area contributed by atoms with Crippen LogP contribution in [0, 0.1) is 0 Å². The van der Waals surface area contributed by atoms with Crippen molar-refractivity contribution in [3.05, 3.63) is 437 Å². The quantitative estimate of drug-likeness (QED) is 0.138.